The molecule has 1 aromatic heterocycles. The zero-order valence-corrected chi connectivity index (χ0v) is 15.9. The number of nitrogens with one attached hydrogen (secondary N) is 1. The number of halogens is 1. The van der Waals surface area contributed by atoms with E-state index in [0.29, 0.717) is 22.9 Å². The van der Waals surface area contributed by atoms with Crippen LogP contribution in [0.1, 0.15) is 32.1 Å². The van der Waals surface area contributed by atoms with Crippen LogP contribution in [0.3, 0.4) is 0 Å². The number of aromatic nitrogens is 1. The SMILES string of the molecule is CN1CCC(O)(Cn2cc(S(C)=N)c(Cl)cc2=O)C2(CCCC2)C1. The van der Waals surface area contributed by atoms with Crippen molar-refractivity contribution in [1.82, 2.24) is 9.47 Å². The van der Waals surface area contributed by atoms with E-state index in [9.17, 15) is 9.90 Å². The van der Waals surface area contributed by atoms with Crippen molar-refractivity contribution in [1.29, 1.82) is 4.78 Å². The normalized spacial score (nSPS) is 28.3. The zero-order chi connectivity index (χ0) is 17.5. The van der Waals surface area contributed by atoms with E-state index < -0.39 is 16.3 Å². The molecule has 134 valence electrons. The fraction of sp³-hybridized carbons (Fsp3) is 0.706. The molecule has 2 atom stereocenters. The third-order valence-corrected chi connectivity index (χ3v) is 7.24. The van der Waals surface area contributed by atoms with Gasteiger partial charge < -0.3 is 14.6 Å². The summed E-state index contributed by atoms with van der Waals surface area (Å²) in [5.41, 5.74) is -1.21. The van der Waals surface area contributed by atoms with Crippen LogP contribution in [0.25, 0.3) is 0 Å². The van der Waals surface area contributed by atoms with Gasteiger partial charge in [-0.3, -0.25) is 9.57 Å². The minimum atomic E-state index is -0.876. The Morgan fingerprint density at radius 3 is 2.67 bits per heavy atom. The first-order valence-corrected chi connectivity index (χ1v) is 10.5. The molecule has 1 aliphatic heterocycles. The molecular weight excluding hydrogens is 346 g/mol. The van der Waals surface area contributed by atoms with Crippen LogP contribution >= 0.6 is 11.6 Å². The lowest BCUT2D eigenvalue weighted by Crippen LogP contribution is -2.60. The van der Waals surface area contributed by atoms with Crippen LogP contribution in [-0.2, 0) is 17.2 Å². The minimum absolute atomic E-state index is 0.131. The molecule has 24 heavy (non-hydrogen) atoms. The Kier molecular flexibility index (Phi) is 4.95. The minimum Gasteiger partial charge on any atom is -0.387 e. The maximum absolute atomic E-state index is 12.4. The number of likely N-dealkylation sites (tertiary alicyclic amines) is 1. The van der Waals surface area contributed by atoms with Gasteiger partial charge in [-0.25, -0.2) is 0 Å². The first-order chi connectivity index (χ1) is 11.3. The van der Waals surface area contributed by atoms with E-state index in [4.69, 9.17) is 16.4 Å². The van der Waals surface area contributed by atoms with Gasteiger partial charge in [-0.15, -0.1) is 0 Å². The smallest absolute Gasteiger partial charge is 0.252 e. The molecule has 2 fully saturated rings. The third-order valence-electron chi connectivity index (χ3n) is 5.83. The van der Waals surface area contributed by atoms with Crippen molar-refractivity contribution in [3.63, 3.8) is 0 Å². The molecule has 1 saturated heterocycles. The molecule has 0 aromatic carbocycles. The summed E-state index contributed by atoms with van der Waals surface area (Å²) >= 11 is 6.12. The third kappa shape index (κ3) is 3.09. The molecule has 2 N–H and O–H groups in total. The monoisotopic (exact) mass is 371 g/mol. The van der Waals surface area contributed by atoms with Gasteiger partial charge in [0.25, 0.3) is 5.56 Å². The molecular formula is C17H26ClN3O2S. The van der Waals surface area contributed by atoms with Gasteiger partial charge in [-0.1, -0.05) is 35.1 Å². The van der Waals surface area contributed by atoms with Crippen molar-refractivity contribution < 1.29 is 5.11 Å². The number of hydrogen-bond acceptors (Lipinski definition) is 4. The standard InChI is InChI=1S/C17H26ClN3O2S/c1-20-8-7-17(23,16(11-20)5-3-4-6-16)12-21-10-14(24(2)19)13(18)9-15(21)22/h9-10,19,23H,3-8,11-12H2,1-2H3. The van der Waals surface area contributed by atoms with Crippen LogP contribution in [0.15, 0.2) is 22.0 Å². The maximum atomic E-state index is 12.4. The number of hydrogen-bond donors (Lipinski definition) is 2. The lowest BCUT2D eigenvalue weighted by molar-refractivity contribution is -0.139. The second-order valence-electron chi connectivity index (χ2n) is 7.47. The summed E-state index contributed by atoms with van der Waals surface area (Å²) in [7, 11) is 1.33. The molecule has 2 aliphatic rings. The van der Waals surface area contributed by atoms with E-state index in [1.54, 1.807) is 17.0 Å². The summed E-state index contributed by atoms with van der Waals surface area (Å²) in [6, 6.07) is 1.38. The summed E-state index contributed by atoms with van der Waals surface area (Å²) in [5, 5.41) is 11.9. The van der Waals surface area contributed by atoms with E-state index in [1.165, 1.54) is 6.07 Å². The molecule has 0 radical (unpaired) electrons. The predicted octanol–water partition coefficient (Wildman–Crippen LogP) is 2.50. The van der Waals surface area contributed by atoms with Gasteiger partial charge in [0, 0.05) is 30.8 Å². The Morgan fingerprint density at radius 2 is 2.04 bits per heavy atom. The van der Waals surface area contributed by atoms with Gasteiger partial charge in [0.05, 0.1) is 22.1 Å². The summed E-state index contributed by atoms with van der Waals surface area (Å²) < 4.78 is 9.51. The zero-order valence-electron chi connectivity index (χ0n) is 14.3. The highest BCUT2D eigenvalue weighted by Crippen LogP contribution is 2.51. The summed E-state index contributed by atoms with van der Waals surface area (Å²) in [6.45, 7) is 2.01. The highest BCUT2D eigenvalue weighted by Gasteiger charge is 2.54. The van der Waals surface area contributed by atoms with Gasteiger partial charge in [0.1, 0.15) is 0 Å². The molecule has 1 saturated carbocycles. The van der Waals surface area contributed by atoms with E-state index in [2.05, 4.69) is 11.9 Å². The molecule has 2 heterocycles. The van der Waals surface area contributed by atoms with Crippen LogP contribution in [0.4, 0.5) is 0 Å². The average Bonchev–Trinajstić information content (AvgIpc) is 2.96. The summed E-state index contributed by atoms with van der Waals surface area (Å²) in [4.78, 5) is 15.4. The first-order valence-electron chi connectivity index (χ1n) is 8.44. The highest BCUT2D eigenvalue weighted by molar-refractivity contribution is 7.85. The average molecular weight is 372 g/mol. The van der Waals surface area contributed by atoms with Crippen molar-refractivity contribution in [2.45, 2.75) is 49.1 Å². The molecule has 3 rings (SSSR count). The van der Waals surface area contributed by atoms with Gasteiger partial charge in [0.15, 0.2) is 0 Å². The van der Waals surface area contributed by atoms with E-state index in [0.717, 1.165) is 38.8 Å². The lowest BCUT2D eigenvalue weighted by atomic mass is 9.66. The lowest BCUT2D eigenvalue weighted by Gasteiger charge is -2.51. The van der Waals surface area contributed by atoms with E-state index in [1.807, 2.05) is 0 Å². The Morgan fingerprint density at radius 1 is 1.38 bits per heavy atom. The highest BCUT2D eigenvalue weighted by atomic mass is 35.5. The molecule has 1 aromatic rings. The van der Waals surface area contributed by atoms with Crippen molar-refractivity contribution in [2.24, 2.45) is 5.41 Å². The molecule has 5 nitrogen and oxygen atoms in total. The molecule has 1 aliphatic carbocycles. The van der Waals surface area contributed by atoms with Gasteiger partial charge >= 0.3 is 0 Å². The van der Waals surface area contributed by atoms with Crippen LogP contribution in [0.2, 0.25) is 5.02 Å². The number of aliphatic hydroxyl groups is 1. The predicted molar refractivity (Wildman–Crippen MR) is 98.0 cm³/mol. The largest absolute Gasteiger partial charge is 0.387 e. The fourth-order valence-corrected chi connectivity index (χ4v) is 5.59. The molecule has 1 spiro atoms. The molecule has 7 heteroatoms. The van der Waals surface area contributed by atoms with Crippen molar-refractivity contribution >= 4 is 22.3 Å². The Labute approximate surface area is 150 Å². The van der Waals surface area contributed by atoms with Gasteiger partial charge in [-0.05, 0) is 32.6 Å². The first kappa shape index (κ1) is 18.1. The van der Waals surface area contributed by atoms with Crippen LogP contribution < -0.4 is 5.56 Å². The van der Waals surface area contributed by atoms with Gasteiger partial charge in [-0.2, -0.15) is 0 Å². The Hall–Kier alpha value is -0.690. The Bertz CT molecular complexity index is 714. The number of rotatable bonds is 3. The summed E-state index contributed by atoms with van der Waals surface area (Å²) in [6.07, 6.45) is 8.43. The summed E-state index contributed by atoms with van der Waals surface area (Å²) in [5.74, 6) is 0. The topological polar surface area (TPSA) is 69.3 Å². The number of pyridine rings is 1. The molecule has 0 amide bonds. The van der Waals surface area contributed by atoms with Crippen LogP contribution in [0, 0.1) is 10.2 Å². The second kappa shape index (κ2) is 6.56. The van der Waals surface area contributed by atoms with Crippen molar-refractivity contribution in [3.05, 3.63) is 27.6 Å². The van der Waals surface area contributed by atoms with Crippen LogP contribution in [0.5, 0.6) is 0 Å². The fourth-order valence-electron chi connectivity index (χ4n) is 4.47. The van der Waals surface area contributed by atoms with Crippen molar-refractivity contribution in [3.8, 4) is 0 Å². The quantitative estimate of drug-likeness (QED) is 0.857. The molecule has 2 unspecified atom stereocenters. The van der Waals surface area contributed by atoms with Crippen molar-refractivity contribution in [2.75, 3.05) is 26.4 Å². The number of nitrogens with zero attached hydrogens (tertiary/aromatic N) is 2. The molecule has 0 bridgehead atoms. The van der Waals surface area contributed by atoms with Crippen LogP contribution in [-0.4, -0.2) is 46.6 Å². The van der Waals surface area contributed by atoms with E-state index in [-0.39, 0.29) is 11.0 Å². The number of piperidine rings is 1. The second-order valence-corrected chi connectivity index (χ2v) is 9.34. The van der Waals surface area contributed by atoms with E-state index >= 15 is 0 Å². The van der Waals surface area contributed by atoms with Gasteiger partial charge in [0.2, 0.25) is 0 Å². The Balaban J connectivity index is 1.98. The maximum Gasteiger partial charge on any atom is 0.252 e.